The molecule has 4 N–H and O–H groups in total. The van der Waals surface area contributed by atoms with Gasteiger partial charge in [-0.1, -0.05) is 17.7 Å². The number of primary amides is 1. The van der Waals surface area contributed by atoms with Crippen molar-refractivity contribution in [2.75, 3.05) is 11.9 Å². The number of benzene rings is 2. The van der Waals surface area contributed by atoms with Gasteiger partial charge in [0.2, 0.25) is 11.8 Å². The van der Waals surface area contributed by atoms with Crippen LogP contribution in [0.25, 0.3) is 6.08 Å². The predicted octanol–water partition coefficient (Wildman–Crippen LogP) is 1.94. The number of nitrogens with two attached hydrogens (primary N) is 1. The molecule has 0 saturated carbocycles. The Bertz CT molecular complexity index is 1180. The van der Waals surface area contributed by atoms with Crippen molar-refractivity contribution in [2.45, 2.75) is 18.5 Å². The molecule has 4 rings (SSSR count). The Hall–Kier alpha value is -3.72. The zero-order valence-corrected chi connectivity index (χ0v) is 17.4. The Kier molecular flexibility index (Phi) is 5.67. The lowest BCUT2D eigenvalue weighted by Gasteiger charge is -2.20. The molecule has 2 atom stereocenters. The van der Waals surface area contributed by atoms with Gasteiger partial charge in [0.05, 0.1) is 16.3 Å². The Labute approximate surface area is 187 Å². The van der Waals surface area contributed by atoms with Crippen LogP contribution in [-0.2, 0) is 9.59 Å². The molecule has 2 aliphatic rings. The lowest BCUT2D eigenvalue weighted by atomic mass is 10.1. The number of nitrogens with zero attached hydrogens (tertiary/aromatic N) is 1. The average Bonchev–Trinajstić information content (AvgIpc) is 3.14. The third-order valence-electron chi connectivity index (χ3n) is 5.35. The monoisotopic (exact) mass is 456 g/mol. The van der Waals surface area contributed by atoms with Gasteiger partial charge >= 0.3 is 0 Å². The smallest absolute Gasteiger partial charge is 0.256 e. The highest BCUT2D eigenvalue weighted by Crippen LogP contribution is 2.30. The van der Waals surface area contributed by atoms with Crippen molar-refractivity contribution in [3.8, 4) is 0 Å². The molecule has 2 aromatic rings. The minimum atomic E-state index is -0.762. The summed E-state index contributed by atoms with van der Waals surface area (Å²) in [6, 6.07) is 7.18. The maximum absolute atomic E-state index is 13.4. The van der Waals surface area contributed by atoms with E-state index in [9.17, 15) is 23.6 Å². The molecule has 1 saturated heterocycles. The minimum Gasteiger partial charge on any atom is -0.366 e. The number of hydrogen-bond acceptors (Lipinski definition) is 4. The fourth-order valence-electron chi connectivity index (χ4n) is 3.82. The van der Waals surface area contributed by atoms with Crippen LogP contribution in [0.4, 0.5) is 10.1 Å². The van der Waals surface area contributed by atoms with Crippen LogP contribution in [0.5, 0.6) is 0 Å². The Morgan fingerprint density at radius 2 is 2.00 bits per heavy atom. The number of carbonyl (C=O) groups excluding carboxylic acids is 4. The van der Waals surface area contributed by atoms with Crippen molar-refractivity contribution in [2.24, 2.45) is 5.73 Å². The van der Waals surface area contributed by atoms with E-state index in [0.717, 1.165) is 6.07 Å². The summed E-state index contributed by atoms with van der Waals surface area (Å²) >= 11 is 5.74. The van der Waals surface area contributed by atoms with Crippen molar-refractivity contribution in [1.29, 1.82) is 0 Å². The normalized spacial score (nSPS) is 19.9. The van der Waals surface area contributed by atoms with E-state index in [1.54, 1.807) is 18.2 Å². The summed E-state index contributed by atoms with van der Waals surface area (Å²) in [7, 11) is 0. The lowest BCUT2D eigenvalue weighted by Crippen LogP contribution is -2.41. The Morgan fingerprint density at radius 3 is 2.72 bits per heavy atom. The summed E-state index contributed by atoms with van der Waals surface area (Å²) < 4.78 is 13.4. The molecule has 4 amide bonds. The van der Waals surface area contributed by atoms with Crippen LogP contribution in [0.1, 0.15) is 32.7 Å². The second-order valence-electron chi connectivity index (χ2n) is 7.54. The molecule has 32 heavy (non-hydrogen) atoms. The van der Waals surface area contributed by atoms with E-state index >= 15 is 0 Å². The molecular formula is C22H18ClFN4O4. The summed E-state index contributed by atoms with van der Waals surface area (Å²) in [6.45, 7) is 0.123. The molecule has 0 radical (unpaired) electrons. The van der Waals surface area contributed by atoms with Crippen molar-refractivity contribution in [3.63, 3.8) is 0 Å². The van der Waals surface area contributed by atoms with Gasteiger partial charge in [0.25, 0.3) is 11.8 Å². The molecule has 1 fully saturated rings. The van der Waals surface area contributed by atoms with Gasteiger partial charge in [0.15, 0.2) is 0 Å². The van der Waals surface area contributed by atoms with Gasteiger partial charge in [-0.25, -0.2) is 4.39 Å². The number of rotatable bonds is 4. The quantitative estimate of drug-likeness (QED) is 0.608. The molecule has 2 heterocycles. The molecule has 0 aliphatic carbocycles. The Balaban J connectivity index is 1.54. The van der Waals surface area contributed by atoms with Crippen LogP contribution in [0.2, 0.25) is 5.02 Å². The summed E-state index contributed by atoms with van der Waals surface area (Å²) in [5, 5.41) is 5.34. The van der Waals surface area contributed by atoms with Crippen LogP contribution in [-0.4, -0.2) is 47.2 Å². The molecule has 0 bridgehead atoms. The molecule has 10 heteroatoms. The van der Waals surface area contributed by atoms with E-state index in [2.05, 4.69) is 10.6 Å². The Morgan fingerprint density at radius 1 is 1.22 bits per heavy atom. The second-order valence-corrected chi connectivity index (χ2v) is 7.95. The molecule has 2 unspecified atom stereocenters. The number of anilines is 1. The minimum absolute atomic E-state index is 0.123. The van der Waals surface area contributed by atoms with Gasteiger partial charge < -0.3 is 21.3 Å². The number of carbonyl (C=O) groups is 4. The second kappa shape index (κ2) is 8.43. The van der Waals surface area contributed by atoms with Gasteiger partial charge in [-0.3, -0.25) is 19.2 Å². The molecule has 2 aromatic carbocycles. The average molecular weight is 457 g/mol. The fraction of sp³-hybridized carbons (Fsp3) is 0.182. The molecule has 0 spiro atoms. The molecule has 0 aromatic heterocycles. The van der Waals surface area contributed by atoms with Crippen molar-refractivity contribution < 1.29 is 23.6 Å². The zero-order valence-electron chi connectivity index (χ0n) is 16.6. The summed E-state index contributed by atoms with van der Waals surface area (Å²) in [5.74, 6) is -2.48. The van der Waals surface area contributed by atoms with Gasteiger partial charge in [-0.15, -0.1) is 0 Å². The van der Waals surface area contributed by atoms with E-state index in [4.69, 9.17) is 17.3 Å². The highest BCUT2D eigenvalue weighted by Gasteiger charge is 2.43. The SMILES string of the molecule is NC(=O)C=Cc1ccc2c(c1)C(=O)N1CC(NC(=O)c3ccc(F)c(Cl)c3)CC1C(=O)N2. The van der Waals surface area contributed by atoms with Crippen LogP contribution in [0.15, 0.2) is 42.5 Å². The molecular weight excluding hydrogens is 439 g/mol. The van der Waals surface area contributed by atoms with Crippen LogP contribution in [0, 0.1) is 5.82 Å². The topological polar surface area (TPSA) is 122 Å². The van der Waals surface area contributed by atoms with Gasteiger partial charge in [0.1, 0.15) is 11.9 Å². The van der Waals surface area contributed by atoms with Crippen LogP contribution >= 0.6 is 11.6 Å². The third-order valence-corrected chi connectivity index (χ3v) is 5.64. The van der Waals surface area contributed by atoms with E-state index in [1.165, 1.54) is 29.2 Å². The molecule has 164 valence electrons. The number of fused-ring (bicyclic) bond motifs is 2. The van der Waals surface area contributed by atoms with Crippen molar-refractivity contribution >= 4 is 47.0 Å². The highest BCUT2D eigenvalue weighted by molar-refractivity contribution is 6.31. The van der Waals surface area contributed by atoms with Crippen molar-refractivity contribution in [3.05, 3.63) is 70.0 Å². The maximum atomic E-state index is 13.4. The van der Waals surface area contributed by atoms with Gasteiger partial charge in [-0.2, -0.15) is 0 Å². The first-order valence-electron chi connectivity index (χ1n) is 9.72. The van der Waals surface area contributed by atoms with E-state index < -0.39 is 29.7 Å². The molecule has 8 nitrogen and oxygen atoms in total. The first-order chi connectivity index (χ1) is 15.2. The fourth-order valence-corrected chi connectivity index (χ4v) is 4.00. The van der Waals surface area contributed by atoms with Gasteiger partial charge in [0, 0.05) is 24.2 Å². The van der Waals surface area contributed by atoms with E-state index in [1.807, 2.05) is 0 Å². The third kappa shape index (κ3) is 4.19. The summed E-state index contributed by atoms with van der Waals surface area (Å²) in [4.78, 5) is 50.8. The number of halogens is 2. The largest absolute Gasteiger partial charge is 0.366 e. The number of amides is 4. The number of nitrogens with one attached hydrogen (secondary N) is 2. The predicted molar refractivity (Wildman–Crippen MR) is 115 cm³/mol. The van der Waals surface area contributed by atoms with Gasteiger partial charge in [-0.05, 0) is 48.4 Å². The molecule has 2 aliphatic heterocycles. The first kappa shape index (κ1) is 21.5. The van der Waals surface area contributed by atoms with E-state index in [-0.39, 0.29) is 40.9 Å². The van der Waals surface area contributed by atoms with Crippen LogP contribution in [0.3, 0.4) is 0 Å². The summed E-state index contributed by atoms with van der Waals surface area (Å²) in [6.07, 6.45) is 2.87. The van der Waals surface area contributed by atoms with Crippen LogP contribution < -0.4 is 16.4 Å². The summed E-state index contributed by atoms with van der Waals surface area (Å²) in [5.41, 5.74) is 6.49. The van der Waals surface area contributed by atoms with E-state index in [0.29, 0.717) is 11.3 Å². The maximum Gasteiger partial charge on any atom is 0.256 e. The number of hydrogen-bond donors (Lipinski definition) is 3. The highest BCUT2D eigenvalue weighted by atomic mass is 35.5. The standard InChI is InChI=1S/C22H18ClFN4O4/c23-15-8-12(3-4-16(15)24)20(30)26-13-9-18-21(31)27-17-5-1-11(2-6-19(25)29)7-14(17)22(32)28(18)10-13/h1-8,13,18H,9-10H2,(H2,25,29)(H,26,30)(H,27,31). The lowest BCUT2D eigenvalue weighted by molar-refractivity contribution is -0.119. The van der Waals surface area contributed by atoms with Crippen molar-refractivity contribution in [1.82, 2.24) is 10.2 Å². The first-order valence-corrected chi connectivity index (χ1v) is 10.1. The zero-order chi connectivity index (χ0) is 23.0.